The molecule has 4 aliphatic rings. The van der Waals surface area contributed by atoms with E-state index in [-0.39, 0.29) is 30.3 Å². The van der Waals surface area contributed by atoms with E-state index in [0.717, 1.165) is 51.7 Å². The van der Waals surface area contributed by atoms with Gasteiger partial charge in [-0.15, -0.1) is 0 Å². The van der Waals surface area contributed by atoms with Gasteiger partial charge in [0.15, 0.2) is 0 Å². The lowest BCUT2D eigenvalue weighted by molar-refractivity contribution is -0.0334. The molecule has 1 N–H and O–H groups in total. The van der Waals surface area contributed by atoms with Gasteiger partial charge in [-0.2, -0.15) is 0 Å². The summed E-state index contributed by atoms with van der Waals surface area (Å²) in [5.74, 6) is 0. The molecular weight excluding hydrogens is 534 g/mol. The third kappa shape index (κ3) is 5.00. The van der Waals surface area contributed by atoms with E-state index in [2.05, 4.69) is 35.1 Å². The Kier molecular flexibility index (Phi) is 6.66. The number of urea groups is 1. The number of nitrogens with zero attached hydrogens (tertiary/aromatic N) is 4. The fourth-order valence-corrected chi connectivity index (χ4v) is 6.57. The van der Waals surface area contributed by atoms with Crippen molar-refractivity contribution in [3.63, 3.8) is 0 Å². The summed E-state index contributed by atoms with van der Waals surface area (Å²) in [6.45, 7) is 11.3. The van der Waals surface area contributed by atoms with Gasteiger partial charge in [-0.3, -0.25) is 4.90 Å². The third-order valence-corrected chi connectivity index (χ3v) is 8.84. The lowest BCUT2D eigenvalue weighted by Gasteiger charge is -2.40. The van der Waals surface area contributed by atoms with Gasteiger partial charge >= 0.3 is 12.1 Å². The molecule has 0 radical (unpaired) electrons. The molecule has 1 aromatic carbocycles. The van der Waals surface area contributed by atoms with Gasteiger partial charge in [-0.1, -0.05) is 6.07 Å². The predicted molar refractivity (Wildman–Crippen MR) is 157 cm³/mol. The Bertz CT molecular complexity index is 1540. The van der Waals surface area contributed by atoms with Crippen LogP contribution < -0.4 is 0 Å². The highest BCUT2D eigenvalue weighted by Crippen LogP contribution is 2.39. The zero-order valence-corrected chi connectivity index (χ0v) is 24.8. The van der Waals surface area contributed by atoms with Gasteiger partial charge in [0.1, 0.15) is 11.2 Å². The summed E-state index contributed by atoms with van der Waals surface area (Å²) in [6, 6.07) is 6.51. The standard InChI is InChI=1S/C32H39N5O5/c1-19-15-33-29-23(19)13-22(16-34-29)21-11-20-5-6-35(30(38)36-8-10-41-28-14-26(28)36)17-25(20)24(12-21)27-18-40-9-7-37(27)31(39)42-32(2,3)4/h11-13,15-16,26-28H,5-10,14,17-18H2,1-4H3,(H,33,34)/t26?,27-,28?/m0/s1. The monoisotopic (exact) mass is 573 g/mol. The molecule has 1 aliphatic carbocycles. The highest BCUT2D eigenvalue weighted by molar-refractivity contribution is 5.85. The second-order valence-corrected chi connectivity index (χ2v) is 12.9. The largest absolute Gasteiger partial charge is 0.444 e. The summed E-state index contributed by atoms with van der Waals surface area (Å²) in [5.41, 5.74) is 6.74. The predicted octanol–water partition coefficient (Wildman–Crippen LogP) is 4.80. The zero-order chi connectivity index (χ0) is 29.2. The number of aromatic amines is 1. The van der Waals surface area contributed by atoms with E-state index >= 15 is 0 Å². The molecule has 0 spiro atoms. The van der Waals surface area contributed by atoms with Gasteiger partial charge in [0.25, 0.3) is 0 Å². The minimum atomic E-state index is -0.612. The van der Waals surface area contributed by atoms with Crippen molar-refractivity contribution >= 4 is 23.2 Å². The van der Waals surface area contributed by atoms with Crippen LogP contribution in [-0.2, 0) is 27.2 Å². The number of hydrogen-bond donors (Lipinski definition) is 1. The summed E-state index contributed by atoms with van der Waals surface area (Å²) in [4.78, 5) is 40.8. The quantitative estimate of drug-likeness (QED) is 0.473. The van der Waals surface area contributed by atoms with Crippen LogP contribution in [0.4, 0.5) is 9.59 Å². The smallest absolute Gasteiger partial charge is 0.410 e. The van der Waals surface area contributed by atoms with Gasteiger partial charge in [0, 0.05) is 49.5 Å². The molecule has 3 fully saturated rings. The molecule has 2 unspecified atom stereocenters. The number of rotatable bonds is 2. The molecule has 222 valence electrons. The Morgan fingerprint density at radius 1 is 1.07 bits per heavy atom. The SMILES string of the molecule is Cc1c[nH]c2ncc(-c3cc4c(c([C@@H]5COCCN5C(=O)OC(C)(C)C)c3)CN(C(=O)N3CCOC5CC53)CC4)cc12. The van der Waals surface area contributed by atoms with Crippen molar-refractivity contribution < 1.29 is 23.8 Å². The number of fused-ring (bicyclic) bond motifs is 3. The van der Waals surface area contributed by atoms with Gasteiger partial charge in [0.05, 0.1) is 38.0 Å². The van der Waals surface area contributed by atoms with Crippen LogP contribution in [0.15, 0.2) is 30.6 Å². The zero-order valence-electron chi connectivity index (χ0n) is 24.8. The number of benzene rings is 1. The average Bonchev–Trinajstić information content (AvgIpc) is 3.69. The molecule has 42 heavy (non-hydrogen) atoms. The fourth-order valence-electron chi connectivity index (χ4n) is 6.57. The summed E-state index contributed by atoms with van der Waals surface area (Å²) < 4.78 is 17.5. The lowest BCUT2D eigenvalue weighted by atomic mass is 9.87. The average molecular weight is 574 g/mol. The Morgan fingerprint density at radius 3 is 2.74 bits per heavy atom. The van der Waals surface area contributed by atoms with Crippen molar-refractivity contribution in [2.24, 2.45) is 0 Å². The fraction of sp³-hybridized carbons (Fsp3) is 0.531. The Balaban J connectivity index is 1.28. The number of morpholine rings is 2. The third-order valence-electron chi connectivity index (χ3n) is 8.84. The summed E-state index contributed by atoms with van der Waals surface area (Å²) in [6.07, 6.45) is 5.37. The first kappa shape index (κ1) is 27.2. The molecule has 0 bridgehead atoms. The molecule has 3 amide bonds. The Labute approximate surface area is 245 Å². The molecule has 2 aromatic heterocycles. The molecule has 2 saturated heterocycles. The van der Waals surface area contributed by atoms with Crippen LogP contribution >= 0.6 is 0 Å². The van der Waals surface area contributed by atoms with E-state index in [4.69, 9.17) is 14.2 Å². The molecule has 10 nitrogen and oxygen atoms in total. The number of carbonyl (C=O) groups excluding carboxylic acids is 2. The number of aryl methyl sites for hydroxylation is 1. The van der Waals surface area contributed by atoms with Crippen LogP contribution in [0.25, 0.3) is 22.2 Å². The van der Waals surface area contributed by atoms with Crippen LogP contribution in [0.1, 0.15) is 55.5 Å². The second kappa shape index (κ2) is 10.3. The topological polar surface area (TPSA) is 100 Å². The summed E-state index contributed by atoms with van der Waals surface area (Å²) in [5, 5.41) is 1.09. The number of nitrogens with one attached hydrogen (secondary N) is 1. The minimum absolute atomic E-state index is 0.0768. The van der Waals surface area contributed by atoms with E-state index in [1.54, 1.807) is 4.90 Å². The van der Waals surface area contributed by atoms with E-state index in [1.165, 1.54) is 5.56 Å². The van der Waals surface area contributed by atoms with Gasteiger partial charge in [0.2, 0.25) is 0 Å². The van der Waals surface area contributed by atoms with Crippen LogP contribution in [0.3, 0.4) is 0 Å². The maximum absolute atomic E-state index is 13.7. The van der Waals surface area contributed by atoms with Crippen molar-refractivity contribution in [2.75, 3.05) is 39.5 Å². The highest BCUT2D eigenvalue weighted by atomic mass is 16.6. The molecule has 3 aliphatic heterocycles. The lowest BCUT2D eigenvalue weighted by Crippen LogP contribution is -2.50. The highest BCUT2D eigenvalue weighted by Gasteiger charge is 2.49. The first-order chi connectivity index (χ1) is 20.2. The maximum Gasteiger partial charge on any atom is 0.410 e. The van der Waals surface area contributed by atoms with Crippen LogP contribution in [0.5, 0.6) is 0 Å². The molecule has 3 aromatic rings. The molecule has 10 heteroatoms. The first-order valence-corrected chi connectivity index (χ1v) is 15.0. The van der Waals surface area contributed by atoms with Crippen molar-refractivity contribution in [3.8, 4) is 11.1 Å². The normalized spacial score (nSPS) is 23.9. The van der Waals surface area contributed by atoms with Crippen LogP contribution in [0.2, 0.25) is 0 Å². The van der Waals surface area contributed by atoms with Crippen LogP contribution in [-0.4, -0.2) is 94.0 Å². The van der Waals surface area contributed by atoms with Gasteiger partial charge in [-0.25, -0.2) is 14.6 Å². The molecule has 3 atom stereocenters. The Hall–Kier alpha value is -3.63. The molecule has 7 rings (SSSR count). The Morgan fingerprint density at radius 2 is 1.90 bits per heavy atom. The summed E-state index contributed by atoms with van der Waals surface area (Å²) >= 11 is 0. The number of pyridine rings is 1. The van der Waals surface area contributed by atoms with E-state index < -0.39 is 5.60 Å². The van der Waals surface area contributed by atoms with Crippen molar-refractivity contribution in [1.82, 2.24) is 24.7 Å². The van der Waals surface area contributed by atoms with Gasteiger partial charge < -0.3 is 29.0 Å². The van der Waals surface area contributed by atoms with E-state index in [1.807, 2.05) is 43.0 Å². The van der Waals surface area contributed by atoms with E-state index in [0.29, 0.717) is 46.0 Å². The second-order valence-electron chi connectivity index (χ2n) is 12.9. The number of aromatic nitrogens is 2. The number of amides is 3. The van der Waals surface area contributed by atoms with E-state index in [9.17, 15) is 9.59 Å². The minimum Gasteiger partial charge on any atom is -0.444 e. The van der Waals surface area contributed by atoms with Crippen molar-refractivity contribution in [2.45, 2.75) is 70.9 Å². The number of carbonyl (C=O) groups is 2. The number of ether oxygens (including phenoxy) is 3. The maximum atomic E-state index is 13.7. The molecule has 1 saturated carbocycles. The van der Waals surface area contributed by atoms with Crippen molar-refractivity contribution in [3.05, 3.63) is 52.8 Å². The summed E-state index contributed by atoms with van der Waals surface area (Å²) in [7, 11) is 0. The first-order valence-electron chi connectivity index (χ1n) is 15.0. The molecular formula is C32H39N5O5. The van der Waals surface area contributed by atoms with Gasteiger partial charge in [-0.05, 0) is 80.5 Å². The molecule has 5 heterocycles. The number of hydrogen-bond acceptors (Lipinski definition) is 6. The van der Waals surface area contributed by atoms with Crippen LogP contribution in [0, 0.1) is 6.92 Å². The number of H-pyrrole nitrogens is 1. The van der Waals surface area contributed by atoms with Crippen molar-refractivity contribution in [1.29, 1.82) is 0 Å².